The molecule has 0 aliphatic carbocycles. The van der Waals surface area contributed by atoms with Crippen LogP contribution in [-0.4, -0.2) is 24.6 Å². The van der Waals surface area contributed by atoms with E-state index < -0.39 is 4.25 Å². The van der Waals surface area contributed by atoms with Crippen molar-refractivity contribution in [3.63, 3.8) is 0 Å². The van der Waals surface area contributed by atoms with Gasteiger partial charge in [0.25, 0.3) is 0 Å². The van der Waals surface area contributed by atoms with E-state index in [1.807, 2.05) is 0 Å². The number of halogens is 1. The van der Waals surface area contributed by atoms with Crippen LogP contribution < -0.4 is 0 Å². The first-order valence-electron chi connectivity index (χ1n) is 10.3. The third-order valence-corrected chi connectivity index (χ3v) is 17.8. The topological polar surface area (TPSA) is 0 Å². The normalized spacial score (nSPS) is 14.0. The fourth-order valence-corrected chi connectivity index (χ4v) is 11.3. The van der Waals surface area contributed by atoms with Gasteiger partial charge in [0.15, 0.2) is 0 Å². The summed E-state index contributed by atoms with van der Waals surface area (Å²) >= 11 is 3.06. The molecule has 0 spiro atoms. The maximum atomic E-state index is 3.06. The van der Waals surface area contributed by atoms with E-state index in [1.165, 1.54) is 83.2 Å². The Morgan fingerprint density at radius 1 is 0.500 bits per heavy atom. The second kappa shape index (κ2) is 13.5. The predicted octanol–water partition coefficient (Wildman–Crippen LogP) is 8.65. The Kier molecular flexibility index (Phi) is 14.2. The van der Waals surface area contributed by atoms with Crippen LogP contribution in [0.1, 0.15) is 105 Å². The molecule has 0 aliphatic rings. The zero-order valence-electron chi connectivity index (χ0n) is 16.1. The van der Waals surface area contributed by atoms with E-state index in [0.717, 1.165) is 0 Å². The van der Waals surface area contributed by atoms with Crippen LogP contribution in [0.15, 0.2) is 0 Å². The number of unbranched alkanes of at least 4 members (excludes halogenated alkanes) is 9. The van der Waals surface area contributed by atoms with Gasteiger partial charge < -0.3 is 0 Å². The fraction of sp³-hybridized carbons (Fsp3) is 1.00. The van der Waals surface area contributed by atoms with Crippen LogP contribution in [0.2, 0.25) is 0 Å². The van der Waals surface area contributed by atoms with Crippen molar-refractivity contribution in [2.24, 2.45) is 0 Å². The Hall–Kier alpha value is 1.16. The van der Waals surface area contributed by atoms with Gasteiger partial charge in [-0.15, -0.1) is 0 Å². The van der Waals surface area contributed by atoms with Gasteiger partial charge >= 0.3 is 156 Å². The molecule has 136 valence electrons. The maximum absolute atomic E-state index is 3.06. The van der Waals surface area contributed by atoms with E-state index in [0.29, 0.717) is 0 Å². The van der Waals surface area contributed by atoms with Gasteiger partial charge in [0, 0.05) is 0 Å². The molecular weight excluding hydrogens is 398 g/mol. The Bertz CT molecular complexity index is 218. The zero-order chi connectivity index (χ0) is 16.8. The third kappa shape index (κ3) is 10.1. The van der Waals surface area contributed by atoms with Gasteiger partial charge in [-0.1, -0.05) is 0 Å². The molecule has 0 N–H and O–H groups in total. The van der Waals surface area contributed by atoms with Gasteiger partial charge in [-0.3, -0.25) is 0 Å². The molecule has 0 bridgehead atoms. The van der Waals surface area contributed by atoms with Gasteiger partial charge in [-0.05, 0) is 0 Å². The molecule has 0 amide bonds. The van der Waals surface area contributed by atoms with Crippen LogP contribution in [0.5, 0.6) is 0 Å². The predicted molar refractivity (Wildman–Crippen MR) is 119 cm³/mol. The van der Waals surface area contributed by atoms with Crippen molar-refractivity contribution in [1.29, 1.82) is 0 Å². The minimum atomic E-state index is -1.43. The van der Waals surface area contributed by atoms with E-state index in [1.54, 1.807) is 18.5 Å². The third-order valence-electron chi connectivity index (χ3n) is 5.50. The second-order valence-electron chi connectivity index (χ2n) is 7.49. The van der Waals surface area contributed by atoms with Crippen molar-refractivity contribution >= 4 is 26.3 Å². The van der Waals surface area contributed by atoms with Crippen LogP contribution in [0.25, 0.3) is 0 Å². The molecule has 0 nitrogen and oxygen atoms in total. The summed E-state index contributed by atoms with van der Waals surface area (Å²) in [6.07, 6.45) is 23.6. The molecule has 0 unspecified atom stereocenters. The van der Waals surface area contributed by atoms with Gasteiger partial charge in [0.1, 0.15) is 0 Å². The van der Waals surface area contributed by atoms with E-state index in [2.05, 4.69) is 49.7 Å². The average molecular weight is 442 g/mol. The van der Waals surface area contributed by atoms with Gasteiger partial charge in [-0.2, -0.15) is 0 Å². The van der Waals surface area contributed by atoms with Crippen LogP contribution in [0, 0.1) is 0 Å². The molecule has 22 heavy (non-hydrogen) atoms. The van der Waals surface area contributed by atoms with Crippen molar-refractivity contribution in [3.8, 4) is 0 Å². The summed E-state index contributed by atoms with van der Waals surface area (Å²) in [5.41, 5.74) is 0. The molecule has 0 atom stereocenters. The summed E-state index contributed by atoms with van der Waals surface area (Å²) in [4.78, 5) is 0. The molecule has 0 aromatic heterocycles. The molecule has 0 rings (SSSR count). The number of hydrogen-bond acceptors (Lipinski definition) is 0. The van der Waals surface area contributed by atoms with E-state index in [9.17, 15) is 0 Å². The molecule has 0 saturated heterocycles. The van der Waals surface area contributed by atoms with Crippen LogP contribution in [0.4, 0.5) is 0 Å². The minimum absolute atomic E-state index is 1.37. The van der Waals surface area contributed by atoms with Crippen LogP contribution in [0.3, 0.4) is 0 Å². The first-order chi connectivity index (χ1) is 10.5. The van der Waals surface area contributed by atoms with E-state index in [-0.39, 0.29) is 0 Å². The van der Waals surface area contributed by atoms with E-state index in [4.69, 9.17) is 0 Å². The Morgan fingerprint density at radius 3 is 1.05 bits per heavy atom. The monoisotopic (exact) mass is 442 g/mol. The summed E-state index contributed by atoms with van der Waals surface area (Å²) in [6, 6.07) is 0. The molecule has 0 saturated carbocycles. The fourth-order valence-electron chi connectivity index (χ4n) is 3.61. The summed E-state index contributed by atoms with van der Waals surface area (Å²) in [7, 11) is 0. The van der Waals surface area contributed by atoms with Crippen molar-refractivity contribution in [3.05, 3.63) is 0 Å². The molecule has 0 aliphatic heterocycles. The van der Waals surface area contributed by atoms with Crippen LogP contribution >= 0.6 is 26.3 Å². The first kappa shape index (κ1) is 23.2. The summed E-state index contributed by atoms with van der Waals surface area (Å²) in [5, 5.41) is 0. The van der Waals surface area contributed by atoms with Crippen molar-refractivity contribution in [1.82, 2.24) is 0 Å². The molecule has 0 aromatic carbocycles. The molecule has 0 aromatic rings. The number of rotatable bonds is 16. The molecule has 0 fully saturated rings. The number of hydrogen-bond donors (Lipinski definition) is 0. The average Bonchev–Trinajstić information content (AvgIpc) is 2.53. The summed E-state index contributed by atoms with van der Waals surface area (Å²) in [5.74, 6) is 0. The molecule has 2 heteroatoms. The first-order valence-corrected chi connectivity index (χ1v) is 16.0. The molecular formula is C20H44IP. The van der Waals surface area contributed by atoms with Crippen molar-refractivity contribution < 1.29 is 0 Å². The van der Waals surface area contributed by atoms with E-state index >= 15 is 0 Å². The second-order valence-corrected chi connectivity index (χ2v) is 21.3. The molecule has 0 radical (unpaired) electrons. The van der Waals surface area contributed by atoms with Crippen molar-refractivity contribution in [2.75, 3.05) is 24.6 Å². The Labute approximate surface area is 155 Å². The zero-order valence-corrected chi connectivity index (χ0v) is 19.2. The van der Waals surface area contributed by atoms with Gasteiger partial charge in [0.2, 0.25) is 0 Å². The quantitative estimate of drug-likeness (QED) is 0.127. The van der Waals surface area contributed by atoms with Gasteiger partial charge in [0.05, 0.1) is 0 Å². The summed E-state index contributed by atoms with van der Waals surface area (Å²) in [6.45, 7) is 9.52. The van der Waals surface area contributed by atoms with Crippen LogP contribution in [-0.2, 0) is 0 Å². The standard InChI is InChI=1S/C20H44IP/c1-5-9-12-15-18-22(21,8-4,19-16-13-10-6-2)20-17-14-11-7-3/h5-20H2,1-4H3. The molecule has 0 heterocycles. The Morgan fingerprint density at radius 2 is 0.818 bits per heavy atom. The SMILES string of the molecule is CCCCCCP(I)(CC)(CCCCCC)CCCCCC. The van der Waals surface area contributed by atoms with Gasteiger partial charge in [-0.25, -0.2) is 0 Å². The Balaban J connectivity index is 4.56. The summed E-state index contributed by atoms with van der Waals surface area (Å²) < 4.78 is -1.43. The van der Waals surface area contributed by atoms with Crippen molar-refractivity contribution in [2.45, 2.75) is 105 Å².